The van der Waals surface area contributed by atoms with E-state index in [-0.39, 0.29) is 5.92 Å². The summed E-state index contributed by atoms with van der Waals surface area (Å²) in [6, 6.07) is 5.83. The zero-order chi connectivity index (χ0) is 15.9. The normalized spacial score (nSPS) is 15.4. The van der Waals surface area contributed by atoms with Gasteiger partial charge < -0.3 is 19.9 Å². The van der Waals surface area contributed by atoms with E-state index >= 15 is 0 Å². The SMILES string of the molecule is CC(C)CC(CNCc1cccc2c1OCCCO2)C(=O)O. The van der Waals surface area contributed by atoms with Gasteiger partial charge in [0.2, 0.25) is 0 Å². The van der Waals surface area contributed by atoms with Gasteiger partial charge in [0.1, 0.15) is 0 Å². The molecule has 0 spiro atoms. The van der Waals surface area contributed by atoms with Gasteiger partial charge in [-0.3, -0.25) is 4.79 Å². The summed E-state index contributed by atoms with van der Waals surface area (Å²) in [5.41, 5.74) is 1.01. The van der Waals surface area contributed by atoms with Crippen LogP contribution in [0.1, 0.15) is 32.3 Å². The summed E-state index contributed by atoms with van der Waals surface area (Å²) < 4.78 is 11.4. The lowest BCUT2D eigenvalue weighted by molar-refractivity contribution is -0.142. The summed E-state index contributed by atoms with van der Waals surface area (Å²) in [5.74, 6) is 0.816. The van der Waals surface area contributed by atoms with E-state index in [0.717, 1.165) is 23.5 Å². The first-order valence-corrected chi connectivity index (χ1v) is 7.89. The minimum atomic E-state index is -0.743. The van der Waals surface area contributed by atoms with E-state index in [0.29, 0.717) is 38.6 Å². The van der Waals surface area contributed by atoms with Gasteiger partial charge in [0.15, 0.2) is 11.5 Å². The fourth-order valence-corrected chi connectivity index (χ4v) is 2.61. The van der Waals surface area contributed by atoms with Crippen LogP contribution in [0.15, 0.2) is 18.2 Å². The summed E-state index contributed by atoms with van der Waals surface area (Å²) in [5, 5.41) is 12.5. The smallest absolute Gasteiger partial charge is 0.307 e. The van der Waals surface area contributed by atoms with Crippen LogP contribution in [0, 0.1) is 11.8 Å². The molecule has 2 N–H and O–H groups in total. The van der Waals surface area contributed by atoms with Crippen molar-refractivity contribution in [2.45, 2.75) is 33.2 Å². The molecule has 22 heavy (non-hydrogen) atoms. The van der Waals surface area contributed by atoms with Crippen LogP contribution in [-0.2, 0) is 11.3 Å². The van der Waals surface area contributed by atoms with Crippen LogP contribution >= 0.6 is 0 Å². The number of benzene rings is 1. The Labute approximate surface area is 131 Å². The lowest BCUT2D eigenvalue weighted by atomic mass is 9.97. The molecule has 5 heteroatoms. The average Bonchev–Trinajstić information content (AvgIpc) is 2.71. The lowest BCUT2D eigenvalue weighted by Gasteiger charge is -2.17. The van der Waals surface area contributed by atoms with Crippen LogP contribution in [0.3, 0.4) is 0 Å². The quantitative estimate of drug-likeness (QED) is 0.810. The highest BCUT2D eigenvalue weighted by molar-refractivity contribution is 5.70. The number of aliphatic carboxylic acids is 1. The second kappa shape index (κ2) is 8.03. The van der Waals surface area contributed by atoms with Crippen molar-refractivity contribution in [1.82, 2.24) is 5.32 Å². The molecule has 0 amide bonds. The number of nitrogens with one attached hydrogen (secondary N) is 1. The highest BCUT2D eigenvalue weighted by atomic mass is 16.5. The highest BCUT2D eigenvalue weighted by Crippen LogP contribution is 2.33. The summed E-state index contributed by atoms with van der Waals surface area (Å²) in [6.07, 6.45) is 1.55. The molecule has 0 bridgehead atoms. The molecule has 1 aromatic carbocycles. The monoisotopic (exact) mass is 307 g/mol. The first kappa shape index (κ1) is 16.6. The summed E-state index contributed by atoms with van der Waals surface area (Å²) in [4.78, 5) is 11.3. The van der Waals surface area contributed by atoms with E-state index in [1.807, 2.05) is 32.0 Å². The predicted molar refractivity (Wildman–Crippen MR) is 84.3 cm³/mol. The molecule has 1 aliphatic rings. The molecule has 0 fully saturated rings. The second-order valence-electron chi connectivity index (χ2n) is 6.09. The topological polar surface area (TPSA) is 67.8 Å². The second-order valence-corrected chi connectivity index (χ2v) is 6.09. The molecule has 1 aliphatic heterocycles. The average molecular weight is 307 g/mol. The van der Waals surface area contributed by atoms with E-state index < -0.39 is 5.97 Å². The molecule has 1 atom stereocenters. The molecular formula is C17H25NO4. The van der Waals surface area contributed by atoms with E-state index in [9.17, 15) is 9.90 Å². The Bertz CT molecular complexity index is 501. The molecule has 0 aromatic heterocycles. The number of hydrogen-bond acceptors (Lipinski definition) is 4. The van der Waals surface area contributed by atoms with Gasteiger partial charge in [0.05, 0.1) is 19.1 Å². The van der Waals surface area contributed by atoms with Gasteiger partial charge in [0.25, 0.3) is 0 Å². The van der Waals surface area contributed by atoms with E-state index in [4.69, 9.17) is 9.47 Å². The molecule has 0 saturated heterocycles. The van der Waals surface area contributed by atoms with Crippen molar-refractivity contribution in [2.24, 2.45) is 11.8 Å². The molecule has 1 heterocycles. The molecule has 5 nitrogen and oxygen atoms in total. The zero-order valence-electron chi connectivity index (χ0n) is 13.3. The summed E-state index contributed by atoms with van der Waals surface area (Å²) in [7, 11) is 0. The van der Waals surface area contributed by atoms with Gasteiger partial charge in [-0.15, -0.1) is 0 Å². The molecule has 2 rings (SSSR count). The van der Waals surface area contributed by atoms with Crippen molar-refractivity contribution < 1.29 is 19.4 Å². The molecule has 1 aromatic rings. The number of fused-ring (bicyclic) bond motifs is 1. The lowest BCUT2D eigenvalue weighted by Crippen LogP contribution is -2.29. The van der Waals surface area contributed by atoms with Crippen molar-refractivity contribution in [3.05, 3.63) is 23.8 Å². The van der Waals surface area contributed by atoms with Gasteiger partial charge in [-0.2, -0.15) is 0 Å². The number of carboxylic acids is 1. The molecule has 1 unspecified atom stereocenters. The van der Waals surface area contributed by atoms with Crippen LogP contribution < -0.4 is 14.8 Å². The largest absolute Gasteiger partial charge is 0.490 e. The first-order chi connectivity index (χ1) is 10.6. The van der Waals surface area contributed by atoms with Crippen LogP contribution in [0.25, 0.3) is 0 Å². The van der Waals surface area contributed by atoms with Crippen molar-refractivity contribution in [3.63, 3.8) is 0 Å². The van der Waals surface area contributed by atoms with Crippen LogP contribution in [-0.4, -0.2) is 30.8 Å². The Kier molecular flexibility index (Phi) is 6.07. The third-order valence-corrected chi connectivity index (χ3v) is 3.66. The molecule has 0 saturated carbocycles. The standard InChI is InChI=1S/C17H25NO4/c1-12(2)9-14(17(19)20)11-18-10-13-5-3-6-15-16(13)22-8-4-7-21-15/h3,5-6,12,14,18H,4,7-11H2,1-2H3,(H,19,20). The van der Waals surface area contributed by atoms with Crippen LogP contribution in [0.4, 0.5) is 0 Å². The summed E-state index contributed by atoms with van der Waals surface area (Å²) in [6.45, 7) is 6.43. The maximum atomic E-state index is 11.3. The number of carbonyl (C=O) groups is 1. The number of carboxylic acid groups (broad SMARTS) is 1. The Morgan fingerprint density at radius 3 is 2.82 bits per heavy atom. The van der Waals surface area contributed by atoms with Crippen molar-refractivity contribution in [3.8, 4) is 11.5 Å². The Balaban J connectivity index is 1.95. The number of para-hydroxylation sites is 1. The minimum absolute atomic E-state index is 0.362. The fourth-order valence-electron chi connectivity index (χ4n) is 2.61. The Morgan fingerprint density at radius 2 is 2.09 bits per heavy atom. The maximum absolute atomic E-state index is 11.3. The van der Waals surface area contributed by atoms with Crippen LogP contribution in [0.5, 0.6) is 11.5 Å². The van der Waals surface area contributed by atoms with Gasteiger partial charge in [0, 0.05) is 25.1 Å². The first-order valence-electron chi connectivity index (χ1n) is 7.89. The van der Waals surface area contributed by atoms with E-state index in [1.165, 1.54) is 0 Å². The van der Waals surface area contributed by atoms with E-state index in [1.54, 1.807) is 0 Å². The number of ether oxygens (including phenoxy) is 2. The van der Waals surface area contributed by atoms with E-state index in [2.05, 4.69) is 5.32 Å². The number of hydrogen-bond donors (Lipinski definition) is 2. The molecular weight excluding hydrogens is 282 g/mol. The van der Waals surface area contributed by atoms with Crippen molar-refractivity contribution >= 4 is 5.97 Å². The fraction of sp³-hybridized carbons (Fsp3) is 0.588. The third-order valence-electron chi connectivity index (χ3n) is 3.66. The van der Waals surface area contributed by atoms with Crippen molar-refractivity contribution in [1.29, 1.82) is 0 Å². The summed E-state index contributed by atoms with van der Waals surface area (Å²) >= 11 is 0. The third kappa shape index (κ3) is 4.63. The number of rotatable bonds is 7. The molecule has 0 aliphatic carbocycles. The minimum Gasteiger partial charge on any atom is -0.490 e. The molecule has 122 valence electrons. The van der Waals surface area contributed by atoms with Gasteiger partial charge >= 0.3 is 5.97 Å². The highest BCUT2D eigenvalue weighted by Gasteiger charge is 2.19. The van der Waals surface area contributed by atoms with Crippen LogP contribution in [0.2, 0.25) is 0 Å². The van der Waals surface area contributed by atoms with Gasteiger partial charge in [-0.1, -0.05) is 26.0 Å². The van der Waals surface area contributed by atoms with Crippen molar-refractivity contribution in [2.75, 3.05) is 19.8 Å². The zero-order valence-corrected chi connectivity index (χ0v) is 13.3. The molecule has 0 radical (unpaired) electrons. The Hall–Kier alpha value is -1.75. The van der Waals surface area contributed by atoms with Gasteiger partial charge in [-0.05, 0) is 18.4 Å². The maximum Gasteiger partial charge on any atom is 0.307 e. The van der Waals surface area contributed by atoms with Gasteiger partial charge in [-0.25, -0.2) is 0 Å². The predicted octanol–water partition coefficient (Wildman–Crippen LogP) is 2.68. The Morgan fingerprint density at radius 1 is 1.32 bits per heavy atom.